The minimum absolute atomic E-state index is 0.106. The Labute approximate surface area is 145 Å². The fraction of sp³-hybridized carbons (Fsp3) is 0. The summed E-state index contributed by atoms with van der Waals surface area (Å²) in [7, 11) is 0. The van der Waals surface area contributed by atoms with Gasteiger partial charge in [0.25, 0.3) is 5.69 Å². The minimum Gasteiger partial charge on any atom is -0.508 e. The Hall–Kier alpha value is -3.53. The van der Waals surface area contributed by atoms with Gasteiger partial charge in [0.15, 0.2) is 5.82 Å². The zero-order chi connectivity index (χ0) is 18.0. The van der Waals surface area contributed by atoms with Crippen LogP contribution in [0.5, 0.6) is 11.5 Å². The van der Waals surface area contributed by atoms with Gasteiger partial charge in [-0.2, -0.15) is 14.9 Å². The standard InChI is InChI=1S/C15H11N5O4S/c21-12-4-1-9(2-5-12)14-17-18-15(25)19(14)16-8-10-7-11(20(23)24)3-6-13(10)22/h1-8,21-22H,(H,18,25). The van der Waals surface area contributed by atoms with Gasteiger partial charge in [-0.1, -0.05) is 0 Å². The topological polar surface area (TPSA) is 130 Å². The molecule has 0 saturated heterocycles. The van der Waals surface area contributed by atoms with Crippen LogP contribution in [0.25, 0.3) is 11.4 Å². The van der Waals surface area contributed by atoms with Gasteiger partial charge >= 0.3 is 0 Å². The largest absolute Gasteiger partial charge is 0.508 e. The van der Waals surface area contributed by atoms with Crippen molar-refractivity contribution in [2.75, 3.05) is 0 Å². The zero-order valence-corrected chi connectivity index (χ0v) is 13.3. The summed E-state index contributed by atoms with van der Waals surface area (Å²) in [6.45, 7) is 0. The Balaban J connectivity index is 2.02. The molecule has 0 amide bonds. The number of aromatic nitrogens is 3. The summed E-state index contributed by atoms with van der Waals surface area (Å²) < 4.78 is 1.50. The van der Waals surface area contributed by atoms with E-state index in [4.69, 9.17) is 12.2 Å². The molecule has 3 rings (SSSR count). The van der Waals surface area contributed by atoms with Crippen LogP contribution in [-0.2, 0) is 0 Å². The third kappa shape index (κ3) is 3.38. The smallest absolute Gasteiger partial charge is 0.270 e. The average Bonchev–Trinajstić information content (AvgIpc) is 2.95. The summed E-state index contributed by atoms with van der Waals surface area (Å²) in [5.41, 5.74) is 0.633. The number of nitrogens with one attached hydrogen (secondary N) is 1. The Morgan fingerprint density at radius 3 is 2.64 bits per heavy atom. The number of benzene rings is 2. The van der Waals surface area contributed by atoms with Crippen LogP contribution in [0.1, 0.15) is 5.56 Å². The summed E-state index contributed by atoms with van der Waals surface area (Å²) in [4.78, 5) is 10.3. The molecule has 0 aliphatic carbocycles. The van der Waals surface area contributed by atoms with E-state index in [1.54, 1.807) is 12.1 Å². The van der Waals surface area contributed by atoms with E-state index in [-0.39, 0.29) is 27.5 Å². The summed E-state index contributed by atoms with van der Waals surface area (Å²) in [6.07, 6.45) is 1.25. The molecule has 3 aromatic rings. The lowest BCUT2D eigenvalue weighted by molar-refractivity contribution is -0.384. The molecule has 10 heteroatoms. The second kappa shape index (κ2) is 6.53. The maximum absolute atomic E-state index is 10.8. The van der Waals surface area contributed by atoms with Gasteiger partial charge in [0.05, 0.1) is 11.1 Å². The van der Waals surface area contributed by atoms with Crippen molar-refractivity contribution < 1.29 is 15.1 Å². The molecular weight excluding hydrogens is 346 g/mol. The first-order valence-corrected chi connectivity index (χ1v) is 7.35. The highest BCUT2D eigenvalue weighted by Gasteiger charge is 2.11. The first-order valence-electron chi connectivity index (χ1n) is 6.94. The molecule has 0 saturated carbocycles. The second-order valence-corrected chi connectivity index (χ2v) is 5.34. The van der Waals surface area contributed by atoms with Crippen LogP contribution in [0, 0.1) is 14.9 Å². The SMILES string of the molecule is O=[N+]([O-])c1ccc(O)c(C=Nn2c(-c3ccc(O)cc3)n[nH]c2=S)c1. The number of hydrogen-bond acceptors (Lipinski definition) is 7. The van der Waals surface area contributed by atoms with Crippen molar-refractivity contribution in [1.82, 2.24) is 14.9 Å². The first kappa shape index (κ1) is 16.3. The van der Waals surface area contributed by atoms with E-state index in [0.717, 1.165) is 0 Å². The number of aromatic amines is 1. The van der Waals surface area contributed by atoms with Gasteiger partial charge in [0, 0.05) is 23.3 Å². The van der Waals surface area contributed by atoms with Crippen LogP contribution < -0.4 is 0 Å². The van der Waals surface area contributed by atoms with Gasteiger partial charge < -0.3 is 10.2 Å². The van der Waals surface area contributed by atoms with Gasteiger partial charge in [0.1, 0.15) is 11.5 Å². The highest BCUT2D eigenvalue weighted by atomic mass is 32.1. The molecule has 2 aromatic carbocycles. The van der Waals surface area contributed by atoms with Crippen molar-refractivity contribution in [3.05, 3.63) is 62.9 Å². The number of phenolic OH excluding ortho intramolecular Hbond substituents is 2. The van der Waals surface area contributed by atoms with Crippen LogP contribution in [0.4, 0.5) is 5.69 Å². The Morgan fingerprint density at radius 2 is 1.96 bits per heavy atom. The molecule has 0 atom stereocenters. The summed E-state index contributed by atoms with van der Waals surface area (Å²) in [5, 5.41) is 40.9. The molecular formula is C15H11N5O4S. The number of H-pyrrole nitrogens is 1. The van der Waals surface area contributed by atoms with Crippen molar-refractivity contribution in [2.45, 2.75) is 0 Å². The number of nitro groups is 1. The molecule has 1 aromatic heterocycles. The molecule has 0 bridgehead atoms. The highest BCUT2D eigenvalue weighted by molar-refractivity contribution is 7.71. The van der Waals surface area contributed by atoms with Crippen LogP contribution >= 0.6 is 12.2 Å². The molecule has 0 aliphatic heterocycles. The Bertz CT molecular complexity index is 1020. The Morgan fingerprint density at radius 1 is 1.24 bits per heavy atom. The first-order chi connectivity index (χ1) is 12.0. The second-order valence-electron chi connectivity index (χ2n) is 4.96. The fourth-order valence-electron chi connectivity index (χ4n) is 2.07. The van der Waals surface area contributed by atoms with Gasteiger partial charge in [-0.05, 0) is 42.5 Å². The number of nitrogens with zero attached hydrogens (tertiary/aromatic N) is 4. The maximum atomic E-state index is 10.8. The molecule has 1 heterocycles. The number of nitro benzene ring substituents is 1. The summed E-state index contributed by atoms with van der Waals surface area (Å²) in [5.74, 6) is 0.330. The maximum Gasteiger partial charge on any atom is 0.270 e. The van der Waals surface area contributed by atoms with Crippen molar-refractivity contribution >= 4 is 24.1 Å². The molecule has 126 valence electrons. The van der Waals surface area contributed by atoms with Crippen molar-refractivity contribution in [2.24, 2.45) is 5.10 Å². The van der Waals surface area contributed by atoms with Crippen molar-refractivity contribution in [3.63, 3.8) is 0 Å². The van der Waals surface area contributed by atoms with E-state index in [1.807, 2.05) is 0 Å². The number of non-ortho nitro benzene ring substituents is 1. The normalized spacial score (nSPS) is 11.0. The van der Waals surface area contributed by atoms with E-state index in [2.05, 4.69) is 15.3 Å². The molecule has 3 N–H and O–H groups in total. The summed E-state index contributed by atoms with van der Waals surface area (Å²) >= 11 is 5.13. The molecule has 25 heavy (non-hydrogen) atoms. The van der Waals surface area contributed by atoms with Gasteiger partial charge in [-0.3, -0.25) is 10.1 Å². The third-order valence-corrected chi connectivity index (χ3v) is 3.57. The molecule has 0 spiro atoms. The van der Waals surface area contributed by atoms with Crippen molar-refractivity contribution in [1.29, 1.82) is 0 Å². The quantitative estimate of drug-likeness (QED) is 0.285. The Kier molecular flexibility index (Phi) is 4.27. The number of phenols is 2. The molecule has 0 fully saturated rings. The van der Waals surface area contributed by atoms with E-state index in [0.29, 0.717) is 11.4 Å². The van der Waals surface area contributed by atoms with E-state index in [1.165, 1.54) is 41.2 Å². The summed E-state index contributed by atoms with van der Waals surface area (Å²) in [6, 6.07) is 9.87. The van der Waals surface area contributed by atoms with Gasteiger partial charge in [-0.25, -0.2) is 5.10 Å². The van der Waals surface area contributed by atoms with E-state index in [9.17, 15) is 20.3 Å². The predicted molar refractivity (Wildman–Crippen MR) is 92.3 cm³/mol. The lowest BCUT2D eigenvalue weighted by atomic mass is 10.2. The minimum atomic E-state index is -0.567. The zero-order valence-electron chi connectivity index (χ0n) is 12.5. The highest BCUT2D eigenvalue weighted by Crippen LogP contribution is 2.23. The average molecular weight is 357 g/mol. The van der Waals surface area contributed by atoms with Crippen LogP contribution in [0.2, 0.25) is 0 Å². The number of rotatable bonds is 4. The monoisotopic (exact) mass is 357 g/mol. The third-order valence-electron chi connectivity index (χ3n) is 3.31. The van der Waals surface area contributed by atoms with E-state index >= 15 is 0 Å². The van der Waals surface area contributed by atoms with Crippen LogP contribution in [0.3, 0.4) is 0 Å². The van der Waals surface area contributed by atoms with Crippen LogP contribution in [-0.4, -0.2) is 36.2 Å². The lowest BCUT2D eigenvalue weighted by Crippen LogP contribution is -1.96. The lowest BCUT2D eigenvalue weighted by Gasteiger charge is -2.02. The molecule has 0 radical (unpaired) electrons. The molecule has 9 nitrogen and oxygen atoms in total. The van der Waals surface area contributed by atoms with Crippen LogP contribution in [0.15, 0.2) is 47.6 Å². The van der Waals surface area contributed by atoms with Crippen molar-refractivity contribution in [3.8, 4) is 22.9 Å². The molecule has 0 aliphatic rings. The fourth-order valence-corrected chi connectivity index (χ4v) is 2.25. The van der Waals surface area contributed by atoms with Gasteiger partial charge in [0.2, 0.25) is 4.77 Å². The number of hydrogen-bond donors (Lipinski definition) is 3. The predicted octanol–water partition coefficient (Wildman–Crippen LogP) is 2.81. The van der Waals surface area contributed by atoms with Gasteiger partial charge in [-0.15, -0.1) is 0 Å². The number of aromatic hydroxyl groups is 2. The van der Waals surface area contributed by atoms with E-state index < -0.39 is 4.92 Å². The molecule has 0 unspecified atom stereocenters.